The summed E-state index contributed by atoms with van der Waals surface area (Å²) in [4.78, 5) is 28.8. The number of rotatable bonds is 9. The van der Waals surface area contributed by atoms with Gasteiger partial charge >= 0.3 is 11.9 Å². The van der Waals surface area contributed by atoms with Crippen molar-refractivity contribution in [2.75, 3.05) is 19.1 Å². The number of esters is 2. The van der Waals surface area contributed by atoms with E-state index in [1.807, 2.05) is 18.2 Å². The molecule has 1 unspecified atom stereocenters. The average molecular weight is 469 g/mol. The Hall–Kier alpha value is -4.05. The second kappa shape index (κ2) is 11.5. The third-order valence-electron chi connectivity index (χ3n) is 4.33. The summed E-state index contributed by atoms with van der Waals surface area (Å²) in [6.07, 6.45) is 4.16. The number of halogens is 1. The topological polar surface area (TPSA) is 128 Å². The van der Waals surface area contributed by atoms with E-state index in [0.29, 0.717) is 22.3 Å². The zero-order valence-corrected chi connectivity index (χ0v) is 18.6. The molecule has 0 bridgehead atoms. The highest BCUT2D eigenvalue weighted by Crippen LogP contribution is 2.25. The zero-order chi connectivity index (χ0) is 23.6. The van der Waals surface area contributed by atoms with Gasteiger partial charge in [-0.05, 0) is 19.1 Å². The molecule has 1 atom stereocenters. The van der Waals surface area contributed by atoms with E-state index in [-0.39, 0.29) is 17.3 Å². The van der Waals surface area contributed by atoms with Crippen molar-refractivity contribution in [1.82, 2.24) is 20.5 Å². The van der Waals surface area contributed by atoms with E-state index < -0.39 is 18.0 Å². The monoisotopic (exact) mass is 468 g/mol. The molecular formula is C22H21ClN6O4. The van der Waals surface area contributed by atoms with Crippen molar-refractivity contribution in [3.05, 3.63) is 65.7 Å². The van der Waals surface area contributed by atoms with E-state index in [1.165, 1.54) is 19.5 Å². The molecule has 0 radical (unpaired) electrons. The van der Waals surface area contributed by atoms with Gasteiger partial charge in [-0.15, -0.1) is 10.2 Å². The van der Waals surface area contributed by atoms with Gasteiger partial charge in [0.2, 0.25) is 0 Å². The second-order valence-corrected chi connectivity index (χ2v) is 6.79. The van der Waals surface area contributed by atoms with E-state index >= 15 is 0 Å². The second-order valence-electron chi connectivity index (χ2n) is 6.44. The van der Waals surface area contributed by atoms with Crippen molar-refractivity contribution in [2.45, 2.75) is 13.0 Å². The van der Waals surface area contributed by atoms with Crippen LogP contribution in [-0.4, -0.2) is 53.1 Å². The Bertz CT molecular complexity index is 1190. The molecule has 3 aromatic rings. The molecule has 0 aliphatic carbocycles. The fourth-order valence-electron chi connectivity index (χ4n) is 2.77. The standard InChI is InChI=1S/C22H21ClN6O4/c1-3-33-21(30)16(17-10-6-7-11-24-17)12-25-18(22(31)32-2)13-26-28-20-15-9-5-4-8-14(15)19(23)27-29-20/h4-13,18,25H,3H2,1-2H3,(H,28,29)/b16-12-,26-13+. The number of hydrogen-bond acceptors (Lipinski definition) is 10. The number of carbonyl (C=O) groups is 2. The number of hydrogen-bond donors (Lipinski definition) is 2. The number of anilines is 1. The molecule has 0 saturated carbocycles. The van der Waals surface area contributed by atoms with E-state index in [4.69, 9.17) is 21.1 Å². The smallest absolute Gasteiger partial charge is 0.341 e. The Kier molecular flexibility index (Phi) is 8.25. The molecule has 1 aromatic carbocycles. The lowest BCUT2D eigenvalue weighted by molar-refractivity contribution is -0.141. The van der Waals surface area contributed by atoms with Crippen LogP contribution in [0.1, 0.15) is 12.6 Å². The third kappa shape index (κ3) is 6.01. The minimum atomic E-state index is -1.03. The number of methoxy groups -OCH3 is 1. The van der Waals surface area contributed by atoms with E-state index in [1.54, 1.807) is 37.4 Å². The van der Waals surface area contributed by atoms with Crippen molar-refractivity contribution >= 4 is 51.9 Å². The fraction of sp³-hybridized carbons (Fsp3) is 0.182. The molecule has 0 fully saturated rings. The Balaban J connectivity index is 1.82. The van der Waals surface area contributed by atoms with Crippen LogP contribution in [0.3, 0.4) is 0 Å². The molecule has 0 spiro atoms. The molecule has 2 N–H and O–H groups in total. The maximum Gasteiger partial charge on any atom is 0.341 e. The molecule has 2 heterocycles. The van der Waals surface area contributed by atoms with Gasteiger partial charge in [0, 0.05) is 23.2 Å². The lowest BCUT2D eigenvalue weighted by Gasteiger charge is -2.12. The average Bonchev–Trinajstić information content (AvgIpc) is 2.85. The lowest BCUT2D eigenvalue weighted by Crippen LogP contribution is -2.36. The molecule has 33 heavy (non-hydrogen) atoms. The Morgan fingerprint density at radius 1 is 1.15 bits per heavy atom. The zero-order valence-electron chi connectivity index (χ0n) is 17.9. The molecule has 0 aliphatic heterocycles. The Morgan fingerprint density at radius 3 is 2.61 bits per heavy atom. The number of carbonyl (C=O) groups excluding carboxylic acids is 2. The fourth-order valence-corrected chi connectivity index (χ4v) is 2.97. The van der Waals surface area contributed by atoms with Crippen LogP contribution < -0.4 is 10.7 Å². The molecular weight excluding hydrogens is 448 g/mol. The first-order chi connectivity index (χ1) is 16.0. The minimum absolute atomic E-state index is 0.141. The quantitative estimate of drug-likeness (QED) is 0.211. The van der Waals surface area contributed by atoms with Crippen molar-refractivity contribution in [3.63, 3.8) is 0 Å². The van der Waals surface area contributed by atoms with Crippen LogP contribution >= 0.6 is 11.6 Å². The number of benzene rings is 1. The lowest BCUT2D eigenvalue weighted by atomic mass is 10.2. The summed E-state index contributed by atoms with van der Waals surface area (Å²) in [5.41, 5.74) is 3.27. The van der Waals surface area contributed by atoms with Crippen molar-refractivity contribution in [3.8, 4) is 0 Å². The van der Waals surface area contributed by atoms with Crippen LogP contribution in [-0.2, 0) is 19.1 Å². The molecule has 170 valence electrons. The van der Waals surface area contributed by atoms with E-state index in [0.717, 1.165) is 0 Å². The molecule has 11 heteroatoms. The Labute approximate surface area is 194 Å². The summed E-state index contributed by atoms with van der Waals surface area (Å²) in [6, 6.07) is 11.3. The molecule has 10 nitrogen and oxygen atoms in total. The summed E-state index contributed by atoms with van der Waals surface area (Å²) < 4.78 is 9.91. The number of fused-ring (bicyclic) bond motifs is 1. The SMILES string of the molecule is CCOC(=O)/C(=C\NC(/C=N/Nc1nnc(Cl)c2ccccc12)C(=O)OC)c1ccccn1. The number of pyridine rings is 1. The van der Waals surface area contributed by atoms with E-state index in [2.05, 4.69) is 31.0 Å². The van der Waals surface area contributed by atoms with Gasteiger partial charge in [-0.2, -0.15) is 5.10 Å². The summed E-state index contributed by atoms with van der Waals surface area (Å²) in [5.74, 6) is -0.871. The first-order valence-electron chi connectivity index (χ1n) is 9.87. The summed E-state index contributed by atoms with van der Waals surface area (Å²) in [7, 11) is 1.24. The van der Waals surface area contributed by atoms with Crippen LogP contribution in [0.4, 0.5) is 5.82 Å². The van der Waals surface area contributed by atoms with Crippen molar-refractivity contribution in [2.24, 2.45) is 5.10 Å². The van der Waals surface area contributed by atoms with Gasteiger partial charge in [-0.1, -0.05) is 41.9 Å². The predicted molar refractivity (Wildman–Crippen MR) is 124 cm³/mol. The number of aromatic nitrogens is 3. The maximum absolute atomic E-state index is 12.4. The Morgan fingerprint density at radius 2 is 1.91 bits per heavy atom. The first kappa shape index (κ1) is 23.6. The van der Waals surface area contributed by atoms with Crippen LogP contribution in [0, 0.1) is 0 Å². The van der Waals surface area contributed by atoms with Gasteiger partial charge in [-0.3, -0.25) is 10.4 Å². The highest BCUT2D eigenvalue weighted by molar-refractivity contribution is 6.34. The molecule has 3 rings (SSSR count). The van der Waals surface area contributed by atoms with Gasteiger partial charge < -0.3 is 14.8 Å². The van der Waals surface area contributed by atoms with Crippen LogP contribution in [0.2, 0.25) is 5.15 Å². The maximum atomic E-state index is 12.4. The molecule has 2 aromatic heterocycles. The highest BCUT2D eigenvalue weighted by atomic mass is 35.5. The van der Waals surface area contributed by atoms with Crippen LogP contribution in [0.5, 0.6) is 0 Å². The van der Waals surface area contributed by atoms with Gasteiger partial charge in [0.25, 0.3) is 0 Å². The largest absolute Gasteiger partial charge is 0.467 e. The molecule has 0 amide bonds. The van der Waals surface area contributed by atoms with Gasteiger partial charge in [0.1, 0.15) is 5.57 Å². The van der Waals surface area contributed by atoms with Gasteiger partial charge in [0.05, 0.1) is 25.6 Å². The minimum Gasteiger partial charge on any atom is -0.467 e. The summed E-state index contributed by atoms with van der Waals surface area (Å²) in [6.45, 7) is 1.88. The number of nitrogens with zero attached hydrogens (tertiary/aromatic N) is 4. The van der Waals surface area contributed by atoms with Crippen molar-refractivity contribution in [1.29, 1.82) is 0 Å². The molecule has 0 aliphatic rings. The van der Waals surface area contributed by atoms with Gasteiger partial charge in [-0.25, -0.2) is 9.59 Å². The third-order valence-corrected chi connectivity index (χ3v) is 4.61. The van der Waals surface area contributed by atoms with E-state index in [9.17, 15) is 9.59 Å². The normalized spacial score (nSPS) is 12.4. The summed E-state index contributed by atoms with van der Waals surface area (Å²) in [5, 5.41) is 16.5. The van der Waals surface area contributed by atoms with Gasteiger partial charge in [0.15, 0.2) is 17.0 Å². The van der Waals surface area contributed by atoms with Crippen LogP contribution in [0.15, 0.2) is 60.0 Å². The summed E-state index contributed by atoms with van der Waals surface area (Å²) >= 11 is 6.08. The van der Waals surface area contributed by atoms with Crippen molar-refractivity contribution < 1.29 is 19.1 Å². The number of ether oxygens (including phenoxy) is 2. The highest BCUT2D eigenvalue weighted by Gasteiger charge is 2.19. The first-order valence-corrected chi connectivity index (χ1v) is 10.3. The molecule has 0 saturated heterocycles. The number of nitrogens with one attached hydrogen (secondary N) is 2. The predicted octanol–water partition coefficient (Wildman–Crippen LogP) is 2.81. The van der Waals surface area contributed by atoms with Crippen LogP contribution in [0.25, 0.3) is 16.3 Å². The number of hydrazone groups is 1.